The predicted molar refractivity (Wildman–Crippen MR) is 80.2 cm³/mol. The number of halogens is 3. The Hall–Kier alpha value is -1.40. The van der Waals surface area contributed by atoms with Crippen molar-refractivity contribution in [2.24, 2.45) is 0 Å². The van der Waals surface area contributed by atoms with E-state index in [9.17, 15) is 13.6 Å². The van der Waals surface area contributed by atoms with Crippen LogP contribution in [0.1, 0.15) is 18.4 Å². The van der Waals surface area contributed by atoms with Crippen molar-refractivity contribution in [1.82, 2.24) is 10.6 Å². The van der Waals surface area contributed by atoms with Gasteiger partial charge in [-0.25, -0.2) is 0 Å². The molecule has 0 heterocycles. The molecule has 0 saturated heterocycles. The van der Waals surface area contributed by atoms with Gasteiger partial charge in [-0.05, 0) is 44.1 Å². The van der Waals surface area contributed by atoms with E-state index in [0.29, 0.717) is 19.4 Å². The molecule has 0 fully saturated rings. The Labute approximate surface area is 129 Å². The summed E-state index contributed by atoms with van der Waals surface area (Å²) in [6.45, 7) is -1.29. The van der Waals surface area contributed by atoms with Gasteiger partial charge in [0.15, 0.2) is 0 Å². The fourth-order valence-corrected chi connectivity index (χ4v) is 1.68. The lowest BCUT2D eigenvalue weighted by Crippen LogP contribution is -2.26. The maximum absolute atomic E-state index is 12.0. The Kier molecular flexibility index (Phi) is 10.5. The van der Waals surface area contributed by atoms with E-state index in [4.69, 9.17) is 0 Å². The molecule has 0 spiro atoms. The molecule has 2 N–H and O–H groups in total. The van der Waals surface area contributed by atoms with Crippen LogP contribution in [0.5, 0.6) is 5.75 Å². The van der Waals surface area contributed by atoms with Crippen LogP contribution < -0.4 is 15.4 Å². The molecule has 0 unspecified atom stereocenters. The number of carbonyl (C=O) groups excluding carboxylic acids is 1. The molecule has 0 aliphatic rings. The lowest BCUT2D eigenvalue weighted by atomic mass is 10.1. The number of hydrogen-bond donors (Lipinski definition) is 2. The normalized spacial score (nSPS) is 10.1. The number of rotatable bonds is 9. The zero-order valence-corrected chi connectivity index (χ0v) is 12.7. The third-order valence-electron chi connectivity index (χ3n) is 2.71. The highest BCUT2D eigenvalue weighted by atomic mass is 35.5. The summed E-state index contributed by atoms with van der Waals surface area (Å²) < 4.78 is 28.2. The van der Waals surface area contributed by atoms with Gasteiger partial charge < -0.3 is 15.4 Å². The van der Waals surface area contributed by atoms with Crippen molar-refractivity contribution in [2.75, 3.05) is 20.1 Å². The molecule has 0 aromatic heterocycles. The highest BCUT2D eigenvalue weighted by molar-refractivity contribution is 5.85. The van der Waals surface area contributed by atoms with Crippen LogP contribution in [0, 0.1) is 0 Å². The Morgan fingerprint density at radius 1 is 1.24 bits per heavy atom. The second-order valence-corrected chi connectivity index (χ2v) is 4.33. The van der Waals surface area contributed by atoms with E-state index in [2.05, 4.69) is 15.4 Å². The maximum atomic E-state index is 12.0. The molecule has 0 saturated carbocycles. The van der Waals surface area contributed by atoms with Crippen LogP contribution in [0.2, 0.25) is 0 Å². The molecule has 0 aliphatic carbocycles. The Morgan fingerprint density at radius 2 is 1.90 bits per heavy atom. The lowest BCUT2D eigenvalue weighted by molar-refractivity contribution is -0.121. The van der Waals surface area contributed by atoms with Crippen molar-refractivity contribution in [3.05, 3.63) is 29.8 Å². The highest BCUT2D eigenvalue weighted by Gasteiger charge is 2.05. The van der Waals surface area contributed by atoms with E-state index in [-0.39, 0.29) is 24.1 Å². The van der Waals surface area contributed by atoms with Crippen molar-refractivity contribution >= 4 is 18.3 Å². The zero-order valence-electron chi connectivity index (χ0n) is 11.9. The van der Waals surface area contributed by atoms with Gasteiger partial charge in [0, 0.05) is 13.0 Å². The summed E-state index contributed by atoms with van der Waals surface area (Å²) in [7, 11) is 1.86. The molecule has 0 atom stereocenters. The molecule has 1 rings (SSSR count). The monoisotopic (exact) mass is 322 g/mol. The van der Waals surface area contributed by atoms with E-state index in [1.807, 2.05) is 7.05 Å². The van der Waals surface area contributed by atoms with E-state index < -0.39 is 6.61 Å². The Balaban J connectivity index is 0.00000400. The van der Waals surface area contributed by atoms with E-state index in [0.717, 1.165) is 18.5 Å². The van der Waals surface area contributed by atoms with Gasteiger partial charge in [-0.1, -0.05) is 12.1 Å². The number of benzene rings is 1. The van der Waals surface area contributed by atoms with Crippen molar-refractivity contribution in [3.8, 4) is 5.75 Å². The fraction of sp³-hybridized carbons (Fsp3) is 0.500. The molecule has 0 bridgehead atoms. The molecule has 1 amide bonds. The summed E-state index contributed by atoms with van der Waals surface area (Å²) in [5.41, 5.74) is 0.914. The topological polar surface area (TPSA) is 50.4 Å². The average molecular weight is 323 g/mol. The molecule has 120 valence electrons. The molecule has 1 aromatic rings. The van der Waals surface area contributed by atoms with E-state index in [1.165, 1.54) is 12.1 Å². The average Bonchev–Trinajstić information content (AvgIpc) is 2.42. The standard InChI is InChI=1S/C14H20F2N2O2.ClH/c1-17-9-2-10-18-13(19)8-5-11-3-6-12(7-4-11)20-14(15)16;/h3-4,6-7,14,17H,2,5,8-10H2,1H3,(H,18,19);1H. The van der Waals surface area contributed by atoms with Crippen LogP contribution in [0.4, 0.5) is 8.78 Å². The van der Waals surface area contributed by atoms with Crippen molar-refractivity contribution in [3.63, 3.8) is 0 Å². The minimum atomic E-state index is -2.82. The minimum absolute atomic E-state index is 0. The lowest BCUT2D eigenvalue weighted by Gasteiger charge is -2.07. The fourth-order valence-electron chi connectivity index (χ4n) is 1.68. The number of amides is 1. The smallest absolute Gasteiger partial charge is 0.387 e. The second-order valence-electron chi connectivity index (χ2n) is 4.33. The van der Waals surface area contributed by atoms with Crippen LogP contribution in [-0.2, 0) is 11.2 Å². The van der Waals surface area contributed by atoms with Crippen LogP contribution in [-0.4, -0.2) is 32.7 Å². The van der Waals surface area contributed by atoms with Crippen LogP contribution in [0.15, 0.2) is 24.3 Å². The van der Waals surface area contributed by atoms with Gasteiger partial charge in [0.05, 0.1) is 0 Å². The Bertz CT molecular complexity index is 402. The number of nitrogens with one attached hydrogen (secondary N) is 2. The van der Waals surface area contributed by atoms with Gasteiger partial charge in [0.2, 0.25) is 5.91 Å². The molecule has 7 heteroatoms. The van der Waals surface area contributed by atoms with E-state index >= 15 is 0 Å². The van der Waals surface area contributed by atoms with Crippen LogP contribution in [0.25, 0.3) is 0 Å². The first kappa shape index (κ1) is 19.6. The number of alkyl halides is 2. The van der Waals surface area contributed by atoms with Gasteiger partial charge in [0.25, 0.3) is 0 Å². The number of aryl methyl sites for hydroxylation is 1. The molecule has 1 aromatic carbocycles. The molecular weight excluding hydrogens is 302 g/mol. The zero-order chi connectivity index (χ0) is 14.8. The first-order valence-electron chi connectivity index (χ1n) is 6.57. The van der Waals surface area contributed by atoms with Crippen molar-refractivity contribution in [1.29, 1.82) is 0 Å². The Morgan fingerprint density at radius 3 is 2.48 bits per heavy atom. The van der Waals surface area contributed by atoms with Gasteiger partial charge in [-0.2, -0.15) is 8.78 Å². The number of ether oxygens (including phenoxy) is 1. The predicted octanol–water partition coefficient (Wildman–Crippen LogP) is 2.37. The van der Waals surface area contributed by atoms with E-state index in [1.54, 1.807) is 12.1 Å². The summed E-state index contributed by atoms with van der Waals surface area (Å²) in [6, 6.07) is 6.33. The third-order valence-corrected chi connectivity index (χ3v) is 2.71. The molecule has 0 radical (unpaired) electrons. The van der Waals surface area contributed by atoms with Crippen molar-refractivity contribution in [2.45, 2.75) is 25.9 Å². The first-order valence-corrected chi connectivity index (χ1v) is 6.57. The first-order chi connectivity index (χ1) is 9.61. The van der Waals surface area contributed by atoms with Crippen molar-refractivity contribution < 1.29 is 18.3 Å². The minimum Gasteiger partial charge on any atom is -0.435 e. The quantitative estimate of drug-likeness (QED) is 0.686. The molecular formula is C14H21ClF2N2O2. The number of carbonyl (C=O) groups is 1. The summed E-state index contributed by atoms with van der Waals surface area (Å²) >= 11 is 0. The molecule has 0 aliphatic heterocycles. The summed E-state index contributed by atoms with van der Waals surface area (Å²) in [5.74, 6) is 0.120. The largest absolute Gasteiger partial charge is 0.435 e. The molecule has 4 nitrogen and oxygen atoms in total. The SMILES string of the molecule is CNCCCNC(=O)CCc1ccc(OC(F)F)cc1.Cl. The summed E-state index contributed by atoms with van der Waals surface area (Å²) in [4.78, 5) is 11.5. The van der Waals surface area contributed by atoms with Gasteiger partial charge in [0.1, 0.15) is 5.75 Å². The van der Waals surface area contributed by atoms with Crippen LogP contribution in [0.3, 0.4) is 0 Å². The van der Waals surface area contributed by atoms with Gasteiger partial charge in [-0.3, -0.25) is 4.79 Å². The second kappa shape index (κ2) is 11.3. The summed E-state index contributed by atoms with van der Waals surface area (Å²) in [5, 5.41) is 5.82. The number of hydrogen-bond acceptors (Lipinski definition) is 3. The van der Waals surface area contributed by atoms with Gasteiger partial charge >= 0.3 is 6.61 Å². The third kappa shape index (κ3) is 9.20. The maximum Gasteiger partial charge on any atom is 0.387 e. The van der Waals surface area contributed by atoms with Crippen LogP contribution >= 0.6 is 12.4 Å². The summed E-state index contributed by atoms with van der Waals surface area (Å²) in [6.07, 6.45) is 1.85. The molecule has 21 heavy (non-hydrogen) atoms. The highest BCUT2D eigenvalue weighted by Crippen LogP contribution is 2.15. The van der Waals surface area contributed by atoms with Gasteiger partial charge in [-0.15, -0.1) is 12.4 Å².